The van der Waals surface area contributed by atoms with E-state index < -0.39 is 12.0 Å². The van der Waals surface area contributed by atoms with E-state index in [0.29, 0.717) is 0 Å². The van der Waals surface area contributed by atoms with Gasteiger partial charge in [0.15, 0.2) is 0 Å². The monoisotopic (exact) mass is 263 g/mol. The zero-order valence-electron chi connectivity index (χ0n) is 11.5. The standard InChI is InChI=1S/C6H14N2O2.C5H11NO2/c1-9-6-5-7-3-4-8(6)10-2;1-3(2)4(6)5(7)8/h6-7H,3-5H2,1-2H3;3-4H,6H2,1-2H3,(H,7,8)/t;4-/m.0/s1. The third-order valence-electron chi connectivity index (χ3n) is 2.66. The van der Waals surface area contributed by atoms with Crippen molar-refractivity contribution in [2.75, 3.05) is 33.9 Å². The van der Waals surface area contributed by atoms with E-state index in [0.717, 1.165) is 19.6 Å². The van der Waals surface area contributed by atoms with Crippen LogP contribution in [0.4, 0.5) is 0 Å². The highest BCUT2D eigenvalue weighted by Crippen LogP contribution is 2.02. The number of carbonyl (C=O) groups is 1. The lowest BCUT2D eigenvalue weighted by Crippen LogP contribution is -2.51. The lowest BCUT2D eigenvalue weighted by Gasteiger charge is -2.32. The van der Waals surface area contributed by atoms with Crippen molar-refractivity contribution in [1.29, 1.82) is 0 Å². The van der Waals surface area contributed by atoms with Gasteiger partial charge in [0.25, 0.3) is 0 Å². The molecule has 0 aromatic heterocycles. The Kier molecular flexibility index (Phi) is 8.86. The summed E-state index contributed by atoms with van der Waals surface area (Å²) in [6.45, 7) is 6.24. The summed E-state index contributed by atoms with van der Waals surface area (Å²) in [5, 5.41) is 13.3. The Balaban J connectivity index is 0.000000331. The van der Waals surface area contributed by atoms with Gasteiger partial charge >= 0.3 is 5.97 Å². The molecule has 1 unspecified atom stereocenters. The Morgan fingerprint density at radius 2 is 2.11 bits per heavy atom. The average molecular weight is 263 g/mol. The number of nitrogens with one attached hydrogen (secondary N) is 1. The number of nitrogens with two attached hydrogens (primary N) is 1. The van der Waals surface area contributed by atoms with Gasteiger partial charge in [0.2, 0.25) is 0 Å². The number of hydrogen-bond donors (Lipinski definition) is 3. The molecule has 1 saturated heterocycles. The Morgan fingerprint density at radius 1 is 1.50 bits per heavy atom. The summed E-state index contributed by atoms with van der Waals surface area (Å²) in [5.74, 6) is -0.910. The van der Waals surface area contributed by atoms with Gasteiger partial charge in [-0.15, -0.1) is 0 Å². The Hall–Kier alpha value is -0.730. The molecule has 0 radical (unpaired) electrons. The molecule has 0 amide bonds. The Labute approximate surface area is 108 Å². The largest absolute Gasteiger partial charge is 0.480 e. The number of ether oxygens (including phenoxy) is 1. The normalized spacial score (nSPS) is 22.2. The first-order valence-corrected chi connectivity index (χ1v) is 5.96. The molecular formula is C11H25N3O4. The van der Waals surface area contributed by atoms with Crippen LogP contribution < -0.4 is 11.1 Å². The van der Waals surface area contributed by atoms with Crippen molar-refractivity contribution in [2.24, 2.45) is 11.7 Å². The van der Waals surface area contributed by atoms with Crippen molar-refractivity contribution < 1.29 is 19.5 Å². The molecule has 108 valence electrons. The summed E-state index contributed by atoms with van der Waals surface area (Å²) in [6, 6.07) is -0.713. The summed E-state index contributed by atoms with van der Waals surface area (Å²) in [6.07, 6.45) is 0.0683. The van der Waals surface area contributed by atoms with Crippen molar-refractivity contribution in [3.05, 3.63) is 0 Å². The number of carboxylic acids is 1. The molecule has 0 aromatic rings. The van der Waals surface area contributed by atoms with Crippen LogP contribution in [-0.2, 0) is 14.4 Å². The number of methoxy groups -OCH3 is 1. The first-order chi connectivity index (χ1) is 8.43. The highest BCUT2D eigenvalue weighted by atomic mass is 16.7. The van der Waals surface area contributed by atoms with Crippen LogP contribution in [0.25, 0.3) is 0 Å². The zero-order chi connectivity index (χ0) is 14.1. The molecular weight excluding hydrogens is 238 g/mol. The molecule has 0 bridgehead atoms. The topological polar surface area (TPSA) is 97.1 Å². The van der Waals surface area contributed by atoms with Crippen LogP contribution in [0.5, 0.6) is 0 Å². The summed E-state index contributed by atoms with van der Waals surface area (Å²) >= 11 is 0. The highest BCUT2D eigenvalue weighted by Gasteiger charge is 2.20. The maximum atomic E-state index is 10.0. The minimum absolute atomic E-state index is 0.0208. The summed E-state index contributed by atoms with van der Waals surface area (Å²) in [4.78, 5) is 15.1. The second kappa shape index (κ2) is 9.23. The third-order valence-corrected chi connectivity index (χ3v) is 2.66. The van der Waals surface area contributed by atoms with Crippen LogP contribution in [0.15, 0.2) is 0 Å². The molecule has 0 aliphatic carbocycles. The van der Waals surface area contributed by atoms with Crippen molar-refractivity contribution >= 4 is 5.97 Å². The minimum Gasteiger partial charge on any atom is -0.480 e. The molecule has 4 N–H and O–H groups in total. The molecule has 7 heteroatoms. The van der Waals surface area contributed by atoms with E-state index in [1.807, 2.05) is 5.06 Å². The van der Waals surface area contributed by atoms with Gasteiger partial charge in [-0.3, -0.25) is 9.63 Å². The van der Waals surface area contributed by atoms with Gasteiger partial charge in [-0.25, -0.2) is 0 Å². The molecule has 2 atom stereocenters. The lowest BCUT2D eigenvalue weighted by atomic mass is 10.1. The predicted octanol–water partition coefficient (Wildman–Crippen LogP) is -0.520. The fourth-order valence-corrected chi connectivity index (χ4v) is 1.36. The maximum absolute atomic E-state index is 10.0. The maximum Gasteiger partial charge on any atom is 0.320 e. The number of hydrogen-bond acceptors (Lipinski definition) is 6. The van der Waals surface area contributed by atoms with Crippen LogP contribution in [0.3, 0.4) is 0 Å². The van der Waals surface area contributed by atoms with E-state index in [9.17, 15) is 4.79 Å². The SMILES string of the molecule is CC(C)[C@H](N)C(=O)O.COC1CNCCN1OC. The van der Waals surface area contributed by atoms with Gasteiger partial charge in [0.05, 0.1) is 7.11 Å². The van der Waals surface area contributed by atoms with Crippen molar-refractivity contribution in [1.82, 2.24) is 10.4 Å². The molecule has 0 aromatic carbocycles. The van der Waals surface area contributed by atoms with E-state index in [4.69, 9.17) is 20.4 Å². The van der Waals surface area contributed by atoms with Crippen molar-refractivity contribution in [2.45, 2.75) is 26.1 Å². The lowest BCUT2D eigenvalue weighted by molar-refractivity contribution is -0.235. The van der Waals surface area contributed by atoms with Crippen LogP contribution >= 0.6 is 0 Å². The molecule has 1 fully saturated rings. The van der Waals surface area contributed by atoms with Gasteiger partial charge in [-0.2, -0.15) is 5.06 Å². The summed E-state index contributed by atoms with van der Waals surface area (Å²) in [7, 11) is 3.35. The fourth-order valence-electron chi connectivity index (χ4n) is 1.36. The molecule has 18 heavy (non-hydrogen) atoms. The van der Waals surface area contributed by atoms with Crippen LogP contribution in [-0.4, -0.2) is 62.3 Å². The summed E-state index contributed by atoms with van der Waals surface area (Å²) < 4.78 is 5.13. The Morgan fingerprint density at radius 3 is 2.39 bits per heavy atom. The minimum atomic E-state index is -0.931. The molecule has 7 nitrogen and oxygen atoms in total. The number of aliphatic carboxylic acids is 1. The van der Waals surface area contributed by atoms with E-state index in [1.54, 1.807) is 28.1 Å². The van der Waals surface area contributed by atoms with E-state index in [2.05, 4.69) is 5.32 Å². The van der Waals surface area contributed by atoms with Gasteiger partial charge in [0, 0.05) is 26.7 Å². The molecule has 1 rings (SSSR count). The smallest absolute Gasteiger partial charge is 0.320 e. The van der Waals surface area contributed by atoms with Crippen molar-refractivity contribution in [3.63, 3.8) is 0 Å². The van der Waals surface area contributed by atoms with Crippen LogP contribution in [0, 0.1) is 5.92 Å². The highest BCUT2D eigenvalue weighted by molar-refractivity contribution is 5.73. The quantitative estimate of drug-likeness (QED) is 0.628. The second-order valence-electron chi connectivity index (χ2n) is 4.33. The number of carboxylic acid groups (broad SMARTS) is 1. The van der Waals surface area contributed by atoms with Crippen molar-refractivity contribution in [3.8, 4) is 0 Å². The molecule has 1 heterocycles. The van der Waals surface area contributed by atoms with E-state index in [1.165, 1.54) is 0 Å². The molecule has 1 aliphatic heterocycles. The van der Waals surface area contributed by atoms with Gasteiger partial charge in [0.1, 0.15) is 12.3 Å². The summed E-state index contributed by atoms with van der Waals surface area (Å²) in [5.41, 5.74) is 5.16. The van der Waals surface area contributed by atoms with E-state index >= 15 is 0 Å². The number of rotatable bonds is 4. The first kappa shape index (κ1) is 17.3. The average Bonchev–Trinajstić information content (AvgIpc) is 2.38. The predicted molar refractivity (Wildman–Crippen MR) is 67.8 cm³/mol. The number of nitrogens with zero attached hydrogens (tertiary/aromatic N) is 1. The first-order valence-electron chi connectivity index (χ1n) is 5.96. The molecule has 0 spiro atoms. The molecule has 0 saturated carbocycles. The van der Waals surface area contributed by atoms with Gasteiger partial charge in [-0.05, 0) is 5.92 Å². The zero-order valence-corrected chi connectivity index (χ0v) is 11.5. The second-order valence-corrected chi connectivity index (χ2v) is 4.33. The number of hydroxylamine groups is 2. The van der Waals surface area contributed by atoms with Crippen LogP contribution in [0.1, 0.15) is 13.8 Å². The van der Waals surface area contributed by atoms with Gasteiger partial charge < -0.3 is 20.9 Å². The third kappa shape index (κ3) is 6.27. The van der Waals surface area contributed by atoms with Gasteiger partial charge in [-0.1, -0.05) is 13.8 Å². The van der Waals surface area contributed by atoms with E-state index in [-0.39, 0.29) is 12.1 Å². The fraction of sp³-hybridized carbons (Fsp3) is 0.909. The Bertz CT molecular complexity index is 226. The molecule has 1 aliphatic rings. The van der Waals surface area contributed by atoms with Crippen LogP contribution in [0.2, 0.25) is 0 Å². The number of piperazine rings is 1.